The van der Waals surface area contributed by atoms with Crippen LogP contribution in [0.1, 0.15) is 11.3 Å². The van der Waals surface area contributed by atoms with Crippen LogP contribution in [0.5, 0.6) is 0 Å². The molecule has 0 unspecified atom stereocenters. The Morgan fingerprint density at radius 2 is 1.82 bits per heavy atom. The van der Waals surface area contributed by atoms with Gasteiger partial charge in [-0.05, 0) is 12.1 Å². The monoisotopic (exact) mass is 241 g/mol. The Balaban J connectivity index is 1.97. The van der Waals surface area contributed by atoms with Crippen LogP contribution in [0.4, 0.5) is 13.2 Å². The van der Waals surface area contributed by atoms with Gasteiger partial charge in [0.25, 0.3) is 0 Å². The van der Waals surface area contributed by atoms with E-state index in [-0.39, 0.29) is 12.1 Å². The van der Waals surface area contributed by atoms with E-state index in [0.717, 1.165) is 11.8 Å². The minimum absolute atomic E-state index is 0.0865. The summed E-state index contributed by atoms with van der Waals surface area (Å²) in [6.45, 7) is 0.556. The largest absolute Gasteiger partial charge is 0.307 e. The first-order valence-corrected chi connectivity index (χ1v) is 4.99. The minimum Gasteiger partial charge on any atom is -0.307 e. The summed E-state index contributed by atoms with van der Waals surface area (Å²) >= 11 is 0. The summed E-state index contributed by atoms with van der Waals surface area (Å²) in [6.07, 6.45) is 1.59. The van der Waals surface area contributed by atoms with Crippen molar-refractivity contribution in [3.8, 4) is 0 Å². The van der Waals surface area contributed by atoms with Crippen LogP contribution in [0.2, 0.25) is 0 Å². The Hall–Kier alpha value is -1.82. The molecule has 2 aromatic rings. The van der Waals surface area contributed by atoms with Gasteiger partial charge in [0.15, 0.2) is 11.6 Å². The van der Waals surface area contributed by atoms with Gasteiger partial charge >= 0.3 is 0 Å². The molecule has 6 heteroatoms. The van der Waals surface area contributed by atoms with Gasteiger partial charge in [0.1, 0.15) is 5.82 Å². The van der Waals surface area contributed by atoms with Crippen molar-refractivity contribution in [1.29, 1.82) is 0 Å². The van der Waals surface area contributed by atoms with Crippen molar-refractivity contribution in [2.45, 2.75) is 13.1 Å². The zero-order valence-corrected chi connectivity index (χ0v) is 8.80. The molecule has 0 bridgehead atoms. The highest BCUT2D eigenvalue weighted by Crippen LogP contribution is 2.13. The number of hydrogen-bond donors (Lipinski definition) is 2. The van der Waals surface area contributed by atoms with Crippen molar-refractivity contribution >= 4 is 0 Å². The van der Waals surface area contributed by atoms with Gasteiger partial charge < -0.3 is 5.32 Å². The fourth-order valence-corrected chi connectivity index (χ4v) is 1.41. The predicted molar refractivity (Wildman–Crippen MR) is 55.4 cm³/mol. The number of H-pyrrole nitrogens is 1. The molecular formula is C11H10F3N3. The van der Waals surface area contributed by atoms with Crippen LogP contribution >= 0.6 is 0 Å². The number of aromatic amines is 1. The lowest BCUT2D eigenvalue weighted by Gasteiger charge is -2.05. The molecule has 0 aliphatic rings. The van der Waals surface area contributed by atoms with Gasteiger partial charge in [-0.3, -0.25) is 5.10 Å². The van der Waals surface area contributed by atoms with Gasteiger partial charge in [0.05, 0.1) is 0 Å². The number of halogens is 3. The Bertz CT molecular complexity index is 497. The van der Waals surface area contributed by atoms with Crippen LogP contribution in [0.15, 0.2) is 24.4 Å². The Kier molecular flexibility index (Phi) is 3.43. The van der Waals surface area contributed by atoms with Gasteiger partial charge in [-0.1, -0.05) is 0 Å². The van der Waals surface area contributed by atoms with Crippen LogP contribution < -0.4 is 5.32 Å². The van der Waals surface area contributed by atoms with Crippen molar-refractivity contribution in [2.24, 2.45) is 0 Å². The van der Waals surface area contributed by atoms with E-state index in [1.807, 2.05) is 0 Å². The third kappa shape index (κ3) is 2.85. The molecule has 0 saturated heterocycles. The van der Waals surface area contributed by atoms with Gasteiger partial charge in [0, 0.05) is 36.6 Å². The summed E-state index contributed by atoms with van der Waals surface area (Å²) in [5, 5.41) is 9.35. The smallest absolute Gasteiger partial charge is 0.161 e. The van der Waals surface area contributed by atoms with Crippen LogP contribution in [0, 0.1) is 17.5 Å². The molecule has 0 aliphatic heterocycles. The molecule has 3 nitrogen and oxygen atoms in total. The number of nitrogens with zero attached hydrogens (tertiary/aromatic N) is 1. The molecule has 0 aliphatic carbocycles. The summed E-state index contributed by atoms with van der Waals surface area (Å²) in [5.41, 5.74) is 0.913. The maximum absolute atomic E-state index is 13.2. The normalized spacial score (nSPS) is 10.8. The van der Waals surface area contributed by atoms with Crippen molar-refractivity contribution in [2.75, 3.05) is 0 Å². The van der Waals surface area contributed by atoms with Crippen molar-refractivity contribution in [3.05, 3.63) is 53.1 Å². The van der Waals surface area contributed by atoms with Gasteiger partial charge in [-0.15, -0.1) is 0 Å². The lowest BCUT2D eigenvalue weighted by molar-refractivity contribution is 0.486. The second-order valence-corrected chi connectivity index (χ2v) is 3.54. The highest BCUT2D eigenvalue weighted by molar-refractivity contribution is 5.20. The van der Waals surface area contributed by atoms with Crippen molar-refractivity contribution in [1.82, 2.24) is 15.5 Å². The van der Waals surface area contributed by atoms with Crippen molar-refractivity contribution in [3.63, 3.8) is 0 Å². The highest BCUT2D eigenvalue weighted by Gasteiger charge is 2.09. The maximum Gasteiger partial charge on any atom is 0.161 e. The molecule has 17 heavy (non-hydrogen) atoms. The number of nitrogens with one attached hydrogen (secondary N) is 2. The van der Waals surface area contributed by atoms with Crippen LogP contribution in [0.25, 0.3) is 0 Å². The average molecular weight is 241 g/mol. The predicted octanol–water partition coefficient (Wildman–Crippen LogP) is 2.12. The van der Waals surface area contributed by atoms with E-state index in [0.29, 0.717) is 12.6 Å². The first kappa shape index (κ1) is 11.7. The lowest BCUT2D eigenvalue weighted by Crippen LogP contribution is -2.14. The first-order chi connectivity index (χ1) is 8.16. The molecule has 0 atom stereocenters. The maximum atomic E-state index is 13.2. The summed E-state index contributed by atoms with van der Waals surface area (Å²) < 4.78 is 38.8. The van der Waals surface area contributed by atoms with Gasteiger partial charge in [-0.25, -0.2) is 13.2 Å². The summed E-state index contributed by atoms with van der Waals surface area (Å²) in [6, 6.07) is 3.15. The average Bonchev–Trinajstić information content (AvgIpc) is 2.78. The lowest BCUT2D eigenvalue weighted by atomic mass is 10.2. The Morgan fingerprint density at radius 1 is 1.06 bits per heavy atom. The first-order valence-electron chi connectivity index (χ1n) is 4.99. The quantitative estimate of drug-likeness (QED) is 0.805. The zero-order valence-electron chi connectivity index (χ0n) is 8.80. The topological polar surface area (TPSA) is 40.7 Å². The highest BCUT2D eigenvalue weighted by atomic mass is 19.2. The number of aromatic nitrogens is 2. The molecule has 1 heterocycles. The second-order valence-electron chi connectivity index (χ2n) is 3.54. The third-order valence-corrected chi connectivity index (χ3v) is 2.28. The second kappa shape index (κ2) is 5.01. The molecule has 0 saturated carbocycles. The fraction of sp³-hybridized carbons (Fsp3) is 0.182. The molecule has 0 spiro atoms. The molecule has 1 aromatic heterocycles. The molecule has 0 amide bonds. The fourth-order valence-electron chi connectivity index (χ4n) is 1.41. The zero-order chi connectivity index (χ0) is 12.3. The summed E-state index contributed by atoms with van der Waals surface area (Å²) in [7, 11) is 0. The van der Waals surface area contributed by atoms with E-state index in [1.165, 1.54) is 0 Å². The van der Waals surface area contributed by atoms with E-state index in [1.54, 1.807) is 12.3 Å². The Labute approximate surface area is 95.7 Å². The van der Waals surface area contributed by atoms with E-state index < -0.39 is 17.5 Å². The van der Waals surface area contributed by atoms with Crippen LogP contribution in [0.3, 0.4) is 0 Å². The number of hydrogen-bond acceptors (Lipinski definition) is 2. The molecule has 0 fully saturated rings. The summed E-state index contributed by atoms with van der Waals surface area (Å²) in [5.74, 6) is -2.99. The van der Waals surface area contributed by atoms with E-state index in [4.69, 9.17) is 0 Å². The van der Waals surface area contributed by atoms with Crippen LogP contribution in [-0.4, -0.2) is 10.2 Å². The molecular weight excluding hydrogens is 231 g/mol. The van der Waals surface area contributed by atoms with E-state index in [9.17, 15) is 13.2 Å². The standard InChI is InChI=1S/C11H10F3N3/c12-9-4-11(14)10(13)3-7(9)5-15-6-8-1-2-16-17-8/h1-4,15H,5-6H2,(H,16,17). The summed E-state index contributed by atoms with van der Waals surface area (Å²) in [4.78, 5) is 0. The molecule has 1 aromatic carbocycles. The molecule has 2 rings (SSSR count). The van der Waals surface area contributed by atoms with E-state index in [2.05, 4.69) is 15.5 Å². The number of benzene rings is 1. The van der Waals surface area contributed by atoms with Crippen LogP contribution in [-0.2, 0) is 13.1 Å². The molecule has 90 valence electrons. The molecule has 0 radical (unpaired) electrons. The SMILES string of the molecule is Fc1cc(F)c(CNCc2ccn[nH]2)cc1F. The Morgan fingerprint density at radius 3 is 2.53 bits per heavy atom. The third-order valence-electron chi connectivity index (χ3n) is 2.28. The van der Waals surface area contributed by atoms with Crippen molar-refractivity contribution < 1.29 is 13.2 Å². The number of rotatable bonds is 4. The molecule has 2 N–H and O–H groups in total. The van der Waals surface area contributed by atoms with Gasteiger partial charge in [0.2, 0.25) is 0 Å². The minimum atomic E-state index is -1.18. The van der Waals surface area contributed by atoms with Gasteiger partial charge in [-0.2, -0.15) is 5.10 Å². The van der Waals surface area contributed by atoms with E-state index >= 15 is 0 Å².